The number of hydrogen-bond donors (Lipinski definition) is 0. The Bertz CT molecular complexity index is 486. The largest absolute Gasteiger partial charge is 0.349 e. The highest BCUT2D eigenvalue weighted by atomic mass is 16.5. The standard InChI is InChI=1S/C16H19NO3/c1-3-12(2)16(19)17-14(11-20-15(17)10-18)9-13-7-5-4-6-8-13/h3-8,10,12,14-15H,1,9,11H2,2H3/t12-,14+,15?/m0/s1. The van der Waals surface area contributed by atoms with Crippen LogP contribution in [0.2, 0.25) is 0 Å². The Morgan fingerprint density at radius 3 is 2.80 bits per heavy atom. The minimum Gasteiger partial charge on any atom is -0.349 e. The SMILES string of the molecule is C=C[C@H](C)C(=O)N1C(C=O)OC[C@H]1Cc1ccccc1. The number of nitrogens with zero attached hydrogens (tertiary/aromatic N) is 1. The lowest BCUT2D eigenvalue weighted by Gasteiger charge is -2.27. The Morgan fingerprint density at radius 1 is 1.50 bits per heavy atom. The molecule has 1 amide bonds. The fourth-order valence-electron chi connectivity index (χ4n) is 2.37. The second-order valence-electron chi connectivity index (χ2n) is 4.97. The normalized spacial score (nSPS) is 23.4. The van der Waals surface area contributed by atoms with Crippen molar-refractivity contribution in [2.75, 3.05) is 6.61 Å². The molecule has 0 aliphatic carbocycles. The van der Waals surface area contributed by atoms with Gasteiger partial charge in [0.15, 0.2) is 12.5 Å². The fourth-order valence-corrected chi connectivity index (χ4v) is 2.37. The number of carbonyl (C=O) groups excluding carboxylic acids is 2. The molecule has 1 fully saturated rings. The van der Waals surface area contributed by atoms with E-state index >= 15 is 0 Å². The maximum Gasteiger partial charge on any atom is 0.231 e. The molecule has 1 aromatic carbocycles. The number of benzene rings is 1. The van der Waals surface area contributed by atoms with E-state index in [9.17, 15) is 9.59 Å². The molecule has 0 saturated carbocycles. The Kier molecular flexibility index (Phi) is 4.69. The van der Waals surface area contributed by atoms with Crippen LogP contribution in [0.25, 0.3) is 0 Å². The molecule has 0 bridgehead atoms. The summed E-state index contributed by atoms with van der Waals surface area (Å²) in [7, 11) is 0. The minimum absolute atomic E-state index is 0.109. The molecule has 1 aromatic rings. The number of aldehydes is 1. The number of ether oxygens (including phenoxy) is 1. The van der Waals surface area contributed by atoms with Crippen molar-refractivity contribution in [1.82, 2.24) is 4.90 Å². The number of amides is 1. The molecular weight excluding hydrogens is 254 g/mol. The van der Waals surface area contributed by atoms with Crippen molar-refractivity contribution in [3.05, 3.63) is 48.6 Å². The van der Waals surface area contributed by atoms with Crippen molar-refractivity contribution >= 4 is 12.2 Å². The zero-order valence-corrected chi connectivity index (χ0v) is 11.6. The van der Waals surface area contributed by atoms with Crippen LogP contribution < -0.4 is 0 Å². The van der Waals surface area contributed by atoms with Crippen LogP contribution in [0.15, 0.2) is 43.0 Å². The highest BCUT2D eigenvalue weighted by Crippen LogP contribution is 2.22. The third-order valence-electron chi connectivity index (χ3n) is 3.56. The Labute approximate surface area is 119 Å². The molecule has 1 saturated heterocycles. The van der Waals surface area contributed by atoms with Crippen molar-refractivity contribution in [3.8, 4) is 0 Å². The van der Waals surface area contributed by atoms with Crippen LogP contribution >= 0.6 is 0 Å². The van der Waals surface area contributed by atoms with E-state index in [1.165, 1.54) is 0 Å². The van der Waals surface area contributed by atoms with Crippen LogP contribution in [0.3, 0.4) is 0 Å². The first kappa shape index (κ1) is 14.5. The van der Waals surface area contributed by atoms with Gasteiger partial charge in [0, 0.05) is 0 Å². The zero-order chi connectivity index (χ0) is 14.5. The highest BCUT2D eigenvalue weighted by Gasteiger charge is 2.38. The predicted molar refractivity (Wildman–Crippen MR) is 75.9 cm³/mol. The van der Waals surface area contributed by atoms with Gasteiger partial charge in [0.05, 0.1) is 18.6 Å². The summed E-state index contributed by atoms with van der Waals surface area (Å²) in [6.45, 7) is 5.79. The number of rotatable bonds is 5. The van der Waals surface area contributed by atoms with E-state index in [1.807, 2.05) is 30.3 Å². The van der Waals surface area contributed by atoms with Gasteiger partial charge >= 0.3 is 0 Å². The summed E-state index contributed by atoms with van der Waals surface area (Å²) < 4.78 is 5.42. The molecule has 4 nitrogen and oxygen atoms in total. The summed E-state index contributed by atoms with van der Waals surface area (Å²) in [6, 6.07) is 9.78. The fraction of sp³-hybridized carbons (Fsp3) is 0.375. The second-order valence-corrected chi connectivity index (χ2v) is 4.97. The van der Waals surface area contributed by atoms with Crippen LogP contribution in [0.4, 0.5) is 0 Å². The van der Waals surface area contributed by atoms with Crippen LogP contribution in [0.1, 0.15) is 12.5 Å². The summed E-state index contributed by atoms with van der Waals surface area (Å²) in [4.78, 5) is 25.0. The topological polar surface area (TPSA) is 46.6 Å². The van der Waals surface area contributed by atoms with Crippen molar-refractivity contribution in [2.45, 2.75) is 25.6 Å². The zero-order valence-electron chi connectivity index (χ0n) is 11.6. The van der Waals surface area contributed by atoms with Crippen LogP contribution in [0, 0.1) is 5.92 Å². The molecule has 4 heteroatoms. The molecule has 0 radical (unpaired) electrons. The molecule has 106 valence electrons. The van der Waals surface area contributed by atoms with E-state index in [1.54, 1.807) is 17.9 Å². The summed E-state index contributed by atoms with van der Waals surface area (Å²) in [6.07, 6.45) is 2.17. The van der Waals surface area contributed by atoms with Gasteiger partial charge in [0.1, 0.15) is 0 Å². The maximum absolute atomic E-state index is 12.4. The predicted octanol–water partition coefficient (Wildman–Crippen LogP) is 1.80. The highest BCUT2D eigenvalue weighted by molar-refractivity contribution is 5.83. The van der Waals surface area contributed by atoms with Gasteiger partial charge in [-0.3, -0.25) is 9.59 Å². The molecule has 0 N–H and O–H groups in total. The van der Waals surface area contributed by atoms with E-state index in [4.69, 9.17) is 4.74 Å². The Balaban J connectivity index is 2.16. The summed E-state index contributed by atoms with van der Waals surface area (Å²) in [5.74, 6) is -0.437. The minimum atomic E-state index is -0.779. The van der Waals surface area contributed by atoms with E-state index in [-0.39, 0.29) is 17.9 Å². The first-order valence-corrected chi connectivity index (χ1v) is 6.73. The monoisotopic (exact) mass is 273 g/mol. The van der Waals surface area contributed by atoms with Gasteiger partial charge in [-0.05, 0) is 12.0 Å². The summed E-state index contributed by atoms with van der Waals surface area (Å²) in [5, 5.41) is 0. The summed E-state index contributed by atoms with van der Waals surface area (Å²) >= 11 is 0. The molecule has 0 aromatic heterocycles. The summed E-state index contributed by atoms with van der Waals surface area (Å²) in [5.41, 5.74) is 1.12. The van der Waals surface area contributed by atoms with Gasteiger partial charge in [0.2, 0.25) is 5.91 Å². The van der Waals surface area contributed by atoms with Crippen LogP contribution in [0.5, 0.6) is 0 Å². The van der Waals surface area contributed by atoms with Gasteiger partial charge in [-0.15, -0.1) is 6.58 Å². The lowest BCUT2D eigenvalue weighted by molar-refractivity contribution is -0.144. The Hall–Kier alpha value is -1.94. The van der Waals surface area contributed by atoms with Gasteiger partial charge in [-0.2, -0.15) is 0 Å². The van der Waals surface area contributed by atoms with Gasteiger partial charge < -0.3 is 9.64 Å². The molecule has 20 heavy (non-hydrogen) atoms. The van der Waals surface area contributed by atoms with Crippen LogP contribution in [-0.2, 0) is 20.7 Å². The van der Waals surface area contributed by atoms with E-state index in [0.717, 1.165) is 5.56 Å². The lowest BCUT2D eigenvalue weighted by atomic mass is 10.0. The number of hydrogen-bond acceptors (Lipinski definition) is 3. The molecule has 1 heterocycles. The van der Waals surface area contributed by atoms with Crippen molar-refractivity contribution in [1.29, 1.82) is 0 Å². The average Bonchev–Trinajstić information content (AvgIpc) is 2.89. The lowest BCUT2D eigenvalue weighted by Crippen LogP contribution is -2.45. The van der Waals surface area contributed by atoms with E-state index in [0.29, 0.717) is 19.3 Å². The third kappa shape index (κ3) is 2.96. The van der Waals surface area contributed by atoms with Crippen molar-refractivity contribution < 1.29 is 14.3 Å². The average molecular weight is 273 g/mol. The smallest absolute Gasteiger partial charge is 0.231 e. The van der Waals surface area contributed by atoms with Crippen molar-refractivity contribution in [2.24, 2.45) is 5.92 Å². The molecule has 1 aliphatic heterocycles. The molecular formula is C16H19NO3. The number of carbonyl (C=O) groups is 2. The van der Waals surface area contributed by atoms with Gasteiger partial charge in [-0.1, -0.05) is 43.3 Å². The quantitative estimate of drug-likeness (QED) is 0.607. The molecule has 3 atom stereocenters. The molecule has 2 rings (SSSR count). The van der Waals surface area contributed by atoms with Crippen molar-refractivity contribution in [3.63, 3.8) is 0 Å². The van der Waals surface area contributed by atoms with Gasteiger partial charge in [0.25, 0.3) is 0 Å². The Morgan fingerprint density at radius 2 is 2.20 bits per heavy atom. The first-order chi connectivity index (χ1) is 9.67. The van der Waals surface area contributed by atoms with E-state index < -0.39 is 6.23 Å². The first-order valence-electron chi connectivity index (χ1n) is 6.73. The second kappa shape index (κ2) is 6.48. The molecule has 1 unspecified atom stereocenters. The van der Waals surface area contributed by atoms with E-state index in [2.05, 4.69) is 6.58 Å². The van der Waals surface area contributed by atoms with Gasteiger partial charge in [-0.25, -0.2) is 0 Å². The third-order valence-corrected chi connectivity index (χ3v) is 3.56. The van der Waals surface area contributed by atoms with Crippen LogP contribution in [-0.4, -0.2) is 36.0 Å². The maximum atomic E-state index is 12.4. The molecule has 1 aliphatic rings. The molecule has 0 spiro atoms.